The molecular weight excluding hydrogens is 460 g/mol. The van der Waals surface area contributed by atoms with Gasteiger partial charge < -0.3 is 15.1 Å². The van der Waals surface area contributed by atoms with Gasteiger partial charge in [-0.3, -0.25) is 9.78 Å². The number of amides is 1. The second-order valence-electron chi connectivity index (χ2n) is 8.78. The van der Waals surface area contributed by atoms with Crippen LogP contribution in [0.1, 0.15) is 36.1 Å². The van der Waals surface area contributed by atoms with Crippen LogP contribution in [0, 0.1) is 5.92 Å². The summed E-state index contributed by atoms with van der Waals surface area (Å²) in [6.45, 7) is 0. The predicted molar refractivity (Wildman–Crippen MR) is 137 cm³/mol. The summed E-state index contributed by atoms with van der Waals surface area (Å²) in [6.07, 6.45) is 3.88. The van der Waals surface area contributed by atoms with E-state index in [1.54, 1.807) is 35.4 Å². The van der Waals surface area contributed by atoms with Crippen molar-refractivity contribution >= 4 is 23.2 Å². The molecule has 0 saturated carbocycles. The molecule has 6 heteroatoms. The normalized spacial score (nSPS) is 18.2. The maximum atomic E-state index is 13.3. The molecule has 2 heterocycles. The van der Waals surface area contributed by atoms with Crippen molar-refractivity contribution in [3.8, 4) is 16.9 Å². The van der Waals surface area contributed by atoms with Crippen molar-refractivity contribution in [1.29, 1.82) is 0 Å². The highest BCUT2D eigenvalue weighted by molar-refractivity contribution is 6.30. The standard InChI is InChI=1S/C29H25ClN2O3/c30-23-9-3-20(4-10-23)27(34)16-15-26-28(21-7-13-25(33)14-8-21)32(29(26)35)24-11-5-19(6-12-24)22-2-1-17-31-18-22/h1-14,17-18,26-28,33-34H,15-16H2/t26-,27+,28-/m1/s1. The molecule has 1 aromatic heterocycles. The molecule has 3 aromatic carbocycles. The Morgan fingerprint density at radius 1 is 0.914 bits per heavy atom. The molecule has 4 aromatic rings. The topological polar surface area (TPSA) is 73.7 Å². The van der Waals surface area contributed by atoms with E-state index < -0.39 is 6.10 Å². The van der Waals surface area contributed by atoms with Crippen LogP contribution >= 0.6 is 11.6 Å². The molecule has 1 saturated heterocycles. The zero-order valence-electron chi connectivity index (χ0n) is 19.0. The van der Waals surface area contributed by atoms with E-state index in [0.29, 0.717) is 17.9 Å². The Bertz CT molecular complexity index is 1290. The van der Waals surface area contributed by atoms with Crippen LogP contribution in [0.2, 0.25) is 5.02 Å². The first-order chi connectivity index (χ1) is 17.0. The number of pyridine rings is 1. The Kier molecular flexibility index (Phi) is 6.53. The lowest BCUT2D eigenvalue weighted by atomic mass is 9.78. The first-order valence-corrected chi connectivity index (χ1v) is 11.9. The number of carbonyl (C=O) groups excluding carboxylic acids is 1. The summed E-state index contributed by atoms with van der Waals surface area (Å²) in [5.41, 5.74) is 4.59. The first-order valence-electron chi connectivity index (χ1n) is 11.6. The minimum Gasteiger partial charge on any atom is -0.508 e. The maximum Gasteiger partial charge on any atom is 0.233 e. The number of aliphatic hydroxyl groups excluding tert-OH is 1. The molecule has 0 spiro atoms. The van der Waals surface area contributed by atoms with E-state index in [2.05, 4.69) is 4.98 Å². The molecule has 1 amide bonds. The number of aliphatic hydroxyl groups is 1. The van der Waals surface area contributed by atoms with Gasteiger partial charge in [0.1, 0.15) is 5.75 Å². The van der Waals surface area contributed by atoms with E-state index in [1.807, 2.05) is 66.9 Å². The molecule has 5 rings (SSSR count). The van der Waals surface area contributed by atoms with Gasteiger partial charge in [-0.05, 0) is 77.6 Å². The van der Waals surface area contributed by atoms with Gasteiger partial charge in [0.2, 0.25) is 5.91 Å². The largest absolute Gasteiger partial charge is 0.508 e. The molecule has 0 bridgehead atoms. The maximum absolute atomic E-state index is 13.3. The lowest BCUT2D eigenvalue weighted by molar-refractivity contribution is -0.131. The third-order valence-electron chi connectivity index (χ3n) is 6.59. The lowest BCUT2D eigenvalue weighted by Crippen LogP contribution is -2.55. The van der Waals surface area contributed by atoms with Gasteiger partial charge >= 0.3 is 0 Å². The molecule has 1 fully saturated rings. The molecule has 176 valence electrons. The van der Waals surface area contributed by atoms with Gasteiger partial charge in [0.05, 0.1) is 18.1 Å². The van der Waals surface area contributed by atoms with Crippen LogP contribution < -0.4 is 4.90 Å². The molecule has 1 aliphatic rings. The predicted octanol–water partition coefficient (Wildman–Crippen LogP) is 6.33. The van der Waals surface area contributed by atoms with Crippen LogP contribution in [0.25, 0.3) is 11.1 Å². The molecule has 0 radical (unpaired) electrons. The first kappa shape index (κ1) is 23.1. The van der Waals surface area contributed by atoms with Gasteiger partial charge in [-0.15, -0.1) is 0 Å². The number of halogens is 1. The second-order valence-corrected chi connectivity index (χ2v) is 9.22. The molecular formula is C29H25ClN2O3. The van der Waals surface area contributed by atoms with Crippen molar-refractivity contribution in [3.05, 3.63) is 113 Å². The van der Waals surface area contributed by atoms with Gasteiger partial charge in [0, 0.05) is 23.1 Å². The van der Waals surface area contributed by atoms with Gasteiger partial charge in [-0.1, -0.05) is 54.1 Å². The zero-order chi connectivity index (χ0) is 24.4. The number of benzene rings is 3. The van der Waals surface area contributed by atoms with Gasteiger partial charge in [-0.25, -0.2) is 0 Å². The minimum absolute atomic E-state index is 0.0282. The third kappa shape index (κ3) is 4.78. The molecule has 2 N–H and O–H groups in total. The molecule has 1 aliphatic heterocycles. The number of carbonyl (C=O) groups is 1. The van der Waals surface area contributed by atoms with Crippen molar-refractivity contribution < 1.29 is 15.0 Å². The number of phenolic OH excluding ortho intramolecular Hbond substituents is 1. The molecule has 3 atom stereocenters. The quantitative estimate of drug-likeness (QED) is 0.301. The van der Waals surface area contributed by atoms with E-state index in [-0.39, 0.29) is 23.6 Å². The van der Waals surface area contributed by atoms with E-state index >= 15 is 0 Å². The van der Waals surface area contributed by atoms with Gasteiger partial charge in [0.15, 0.2) is 0 Å². The summed E-state index contributed by atoms with van der Waals surface area (Å²) in [7, 11) is 0. The summed E-state index contributed by atoms with van der Waals surface area (Å²) < 4.78 is 0. The smallest absolute Gasteiger partial charge is 0.233 e. The van der Waals surface area contributed by atoms with E-state index in [0.717, 1.165) is 27.9 Å². The van der Waals surface area contributed by atoms with Crippen LogP contribution in [0.3, 0.4) is 0 Å². The monoisotopic (exact) mass is 484 g/mol. The Morgan fingerprint density at radius 2 is 1.63 bits per heavy atom. The summed E-state index contributed by atoms with van der Waals surface area (Å²) in [4.78, 5) is 19.3. The molecule has 0 aliphatic carbocycles. The fourth-order valence-electron chi connectivity index (χ4n) is 4.71. The number of β-lactam (4-membered cyclic amide) rings is 1. The fraction of sp³-hybridized carbons (Fsp3) is 0.172. The third-order valence-corrected chi connectivity index (χ3v) is 6.85. The Morgan fingerprint density at radius 3 is 2.29 bits per heavy atom. The van der Waals surface area contributed by atoms with E-state index in [4.69, 9.17) is 11.6 Å². The van der Waals surface area contributed by atoms with E-state index in [9.17, 15) is 15.0 Å². The van der Waals surface area contributed by atoms with Crippen molar-refractivity contribution in [2.24, 2.45) is 5.92 Å². The lowest BCUT2D eigenvalue weighted by Gasteiger charge is -2.48. The molecule has 5 nitrogen and oxygen atoms in total. The van der Waals surface area contributed by atoms with Crippen molar-refractivity contribution in [1.82, 2.24) is 4.98 Å². The number of aromatic hydroxyl groups is 1. The Hall–Kier alpha value is -3.67. The van der Waals surface area contributed by atoms with Crippen LogP contribution in [0.4, 0.5) is 5.69 Å². The summed E-state index contributed by atoms with van der Waals surface area (Å²) in [5.74, 6) is -0.0542. The SMILES string of the molecule is O=C1[C@H](CC[C@H](O)c2ccc(Cl)cc2)[C@@H](c2ccc(O)cc2)N1c1ccc(-c2cccnc2)cc1. The highest BCUT2D eigenvalue weighted by Gasteiger charge is 2.48. The number of hydrogen-bond acceptors (Lipinski definition) is 4. The average molecular weight is 485 g/mol. The van der Waals surface area contributed by atoms with Crippen LogP contribution in [-0.2, 0) is 4.79 Å². The number of phenols is 1. The van der Waals surface area contributed by atoms with Crippen LogP contribution in [0.5, 0.6) is 5.75 Å². The van der Waals surface area contributed by atoms with E-state index in [1.165, 1.54) is 0 Å². The fourth-order valence-corrected chi connectivity index (χ4v) is 4.83. The number of rotatable bonds is 7. The number of anilines is 1. The summed E-state index contributed by atoms with van der Waals surface area (Å²) in [5, 5.41) is 21.1. The van der Waals surface area contributed by atoms with Crippen molar-refractivity contribution in [2.45, 2.75) is 25.0 Å². The van der Waals surface area contributed by atoms with Gasteiger partial charge in [-0.2, -0.15) is 0 Å². The highest BCUT2D eigenvalue weighted by atomic mass is 35.5. The minimum atomic E-state index is -0.673. The van der Waals surface area contributed by atoms with Crippen LogP contribution in [0.15, 0.2) is 97.3 Å². The second kappa shape index (κ2) is 9.90. The highest BCUT2D eigenvalue weighted by Crippen LogP contribution is 2.46. The molecule has 35 heavy (non-hydrogen) atoms. The molecule has 0 unspecified atom stereocenters. The average Bonchev–Trinajstić information content (AvgIpc) is 2.89. The van der Waals surface area contributed by atoms with Gasteiger partial charge in [0.25, 0.3) is 0 Å². The van der Waals surface area contributed by atoms with Crippen molar-refractivity contribution in [3.63, 3.8) is 0 Å². The summed E-state index contributed by atoms with van der Waals surface area (Å²) in [6, 6.07) is 25.7. The number of nitrogens with zero attached hydrogens (tertiary/aromatic N) is 2. The zero-order valence-corrected chi connectivity index (χ0v) is 19.7. The summed E-state index contributed by atoms with van der Waals surface area (Å²) >= 11 is 5.96. The Labute approximate surface area is 209 Å². The van der Waals surface area contributed by atoms with Crippen molar-refractivity contribution in [2.75, 3.05) is 4.90 Å². The number of hydrogen-bond donors (Lipinski definition) is 2. The number of aromatic nitrogens is 1. The van der Waals surface area contributed by atoms with Crippen LogP contribution in [-0.4, -0.2) is 21.1 Å². The Balaban J connectivity index is 1.37.